The zero-order valence-electron chi connectivity index (χ0n) is 16.6. The number of hydrogen-bond acceptors (Lipinski definition) is 7. The molecule has 1 aliphatic heterocycles. The van der Waals surface area contributed by atoms with Gasteiger partial charge in [0.25, 0.3) is 0 Å². The minimum absolute atomic E-state index is 0.0424. The Hall–Kier alpha value is -2.07. The third-order valence-electron chi connectivity index (χ3n) is 4.62. The normalized spacial score (nSPS) is 15.4. The molecule has 0 aliphatic carbocycles. The third kappa shape index (κ3) is 7.36. The smallest absolute Gasteiger partial charge is 0.234 e. The van der Waals surface area contributed by atoms with Crippen LogP contribution in [0.15, 0.2) is 29.6 Å². The average Bonchev–Trinajstić information content (AvgIpc) is 3.17. The minimum atomic E-state index is -0.277. The first kappa shape index (κ1) is 21.6. The maximum Gasteiger partial charge on any atom is 0.234 e. The van der Waals surface area contributed by atoms with Crippen molar-refractivity contribution in [3.63, 3.8) is 0 Å². The minimum Gasteiger partial charge on any atom is -0.486 e. The van der Waals surface area contributed by atoms with Crippen LogP contribution in [0.4, 0.5) is 4.39 Å². The molecule has 0 atom stereocenters. The van der Waals surface area contributed by atoms with Gasteiger partial charge in [0.15, 0.2) is 0 Å². The van der Waals surface area contributed by atoms with Gasteiger partial charge in [0.2, 0.25) is 5.91 Å². The molecule has 0 spiro atoms. The third-order valence-corrected chi connectivity index (χ3v) is 5.49. The van der Waals surface area contributed by atoms with Gasteiger partial charge in [-0.05, 0) is 24.3 Å². The predicted molar refractivity (Wildman–Crippen MR) is 109 cm³/mol. The van der Waals surface area contributed by atoms with E-state index in [2.05, 4.69) is 25.5 Å². The number of benzene rings is 1. The van der Waals surface area contributed by atoms with Crippen LogP contribution in [0.5, 0.6) is 5.75 Å². The number of halogens is 1. The molecule has 0 bridgehead atoms. The summed E-state index contributed by atoms with van der Waals surface area (Å²) in [7, 11) is 1.62. The number of rotatable bonds is 10. The lowest BCUT2D eigenvalue weighted by molar-refractivity contribution is -0.122. The van der Waals surface area contributed by atoms with Crippen LogP contribution >= 0.6 is 11.3 Å². The highest BCUT2D eigenvalue weighted by Crippen LogP contribution is 2.17. The van der Waals surface area contributed by atoms with Crippen molar-refractivity contribution >= 4 is 17.2 Å². The Labute approximate surface area is 174 Å². The van der Waals surface area contributed by atoms with E-state index in [0.717, 1.165) is 43.4 Å². The predicted octanol–water partition coefficient (Wildman–Crippen LogP) is 1.74. The fourth-order valence-electron chi connectivity index (χ4n) is 3.05. The fourth-order valence-corrected chi connectivity index (χ4v) is 3.75. The summed E-state index contributed by atoms with van der Waals surface area (Å²) in [5, 5.41) is 5.81. The maximum absolute atomic E-state index is 12.9. The van der Waals surface area contributed by atoms with Gasteiger partial charge in [-0.25, -0.2) is 9.37 Å². The topological polar surface area (TPSA) is 66.9 Å². The molecular weight excluding hydrogens is 395 g/mol. The number of carbonyl (C=O) groups is 1. The molecule has 1 amide bonds. The van der Waals surface area contributed by atoms with Crippen LogP contribution in [0.3, 0.4) is 0 Å². The van der Waals surface area contributed by atoms with Gasteiger partial charge in [-0.15, -0.1) is 11.3 Å². The molecule has 0 saturated carbocycles. The van der Waals surface area contributed by atoms with Gasteiger partial charge in [0, 0.05) is 51.8 Å². The molecule has 29 heavy (non-hydrogen) atoms. The van der Waals surface area contributed by atoms with Crippen molar-refractivity contribution in [3.05, 3.63) is 46.2 Å². The van der Waals surface area contributed by atoms with Gasteiger partial charge in [-0.2, -0.15) is 0 Å². The summed E-state index contributed by atoms with van der Waals surface area (Å²) in [6.45, 7) is 6.22. The number of carbonyl (C=O) groups excluding carboxylic acids is 1. The molecule has 1 aromatic carbocycles. The number of methoxy groups -OCH3 is 1. The maximum atomic E-state index is 12.9. The summed E-state index contributed by atoms with van der Waals surface area (Å²) in [5.74, 6) is 0.395. The van der Waals surface area contributed by atoms with E-state index in [1.807, 2.05) is 0 Å². The Morgan fingerprint density at radius 1 is 1.21 bits per heavy atom. The highest BCUT2D eigenvalue weighted by atomic mass is 32.1. The highest BCUT2D eigenvalue weighted by Gasteiger charge is 2.19. The summed E-state index contributed by atoms with van der Waals surface area (Å²) in [6.07, 6.45) is 0. The molecule has 3 rings (SSSR count). The molecule has 1 N–H and O–H groups in total. The summed E-state index contributed by atoms with van der Waals surface area (Å²) < 4.78 is 23.5. The molecule has 7 nitrogen and oxygen atoms in total. The van der Waals surface area contributed by atoms with Crippen molar-refractivity contribution in [2.24, 2.45) is 0 Å². The zero-order chi connectivity index (χ0) is 20.5. The van der Waals surface area contributed by atoms with E-state index >= 15 is 0 Å². The molecule has 2 aromatic rings. The summed E-state index contributed by atoms with van der Waals surface area (Å²) in [5.41, 5.74) is 1.03. The van der Waals surface area contributed by atoms with E-state index < -0.39 is 0 Å². The summed E-state index contributed by atoms with van der Waals surface area (Å²) in [4.78, 5) is 21.0. The van der Waals surface area contributed by atoms with Crippen molar-refractivity contribution in [1.29, 1.82) is 0 Å². The zero-order valence-corrected chi connectivity index (χ0v) is 17.4. The number of aromatic nitrogens is 1. The number of thiazole rings is 1. The average molecular weight is 423 g/mol. The number of piperazine rings is 1. The first-order chi connectivity index (χ1) is 14.1. The first-order valence-electron chi connectivity index (χ1n) is 9.64. The Balaban J connectivity index is 1.36. The van der Waals surface area contributed by atoms with Crippen molar-refractivity contribution in [1.82, 2.24) is 20.1 Å². The van der Waals surface area contributed by atoms with E-state index in [-0.39, 0.29) is 11.7 Å². The second-order valence-corrected chi connectivity index (χ2v) is 7.81. The molecule has 0 unspecified atom stereocenters. The number of nitrogens with zero attached hydrogens (tertiary/aromatic N) is 3. The lowest BCUT2D eigenvalue weighted by Gasteiger charge is -2.33. The second-order valence-electron chi connectivity index (χ2n) is 6.87. The molecule has 1 fully saturated rings. The molecule has 0 radical (unpaired) electrons. The molecule has 1 saturated heterocycles. The van der Waals surface area contributed by atoms with Crippen molar-refractivity contribution in [2.75, 3.05) is 53.0 Å². The van der Waals surface area contributed by atoms with Gasteiger partial charge in [-0.3, -0.25) is 14.6 Å². The van der Waals surface area contributed by atoms with E-state index in [1.165, 1.54) is 12.1 Å². The number of nitrogens with one attached hydrogen (secondary N) is 1. The largest absolute Gasteiger partial charge is 0.486 e. The lowest BCUT2D eigenvalue weighted by atomic mass is 10.3. The SMILES string of the molecule is COCCNC(=O)CN1CCN(Cc2csc(COc3ccc(F)cc3)n2)CC1. The number of hydrogen-bond donors (Lipinski definition) is 1. The molecule has 2 heterocycles. The van der Waals surface area contributed by atoms with Gasteiger partial charge in [0.05, 0.1) is 18.8 Å². The lowest BCUT2D eigenvalue weighted by Crippen LogP contribution is -2.49. The van der Waals surface area contributed by atoms with Crippen LogP contribution in [0, 0.1) is 5.82 Å². The van der Waals surface area contributed by atoms with E-state index in [9.17, 15) is 9.18 Å². The van der Waals surface area contributed by atoms with Crippen LogP contribution < -0.4 is 10.1 Å². The van der Waals surface area contributed by atoms with Crippen LogP contribution in [0.1, 0.15) is 10.7 Å². The van der Waals surface area contributed by atoms with Crippen LogP contribution in [-0.2, 0) is 22.7 Å². The van der Waals surface area contributed by atoms with Crippen LogP contribution in [-0.4, -0.2) is 73.7 Å². The molecular formula is C20H27FN4O3S. The standard InChI is InChI=1S/C20H27FN4O3S/c1-27-11-6-22-19(26)13-25-9-7-24(8-10-25)12-17-15-29-20(23-17)14-28-18-4-2-16(21)3-5-18/h2-5,15H,6-14H2,1H3,(H,22,26). The van der Waals surface area contributed by atoms with E-state index in [1.54, 1.807) is 30.6 Å². The Kier molecular flexibility index (Phi) is 8.36. The first-order valence-corrected chi connectivity index (χ1v) is 10.5. The molecule has 9 heteroatoms. The Morgan fingerprint density at radius 3 is 2.66 bits per heavy atom. The Morgan fingerprint density at radius 2 is 1.93 bits per heavy atom. The van der Waals surface area contributed by atoms with E-state index in [0.29, 0.717) is 32.1 Å². The van der Waals surface area contributed by atoms with Gasteiger partial charge >= 0.3 is 0 Å². The number of amides is 1. The van der Waals surface area contributed by atoms with Gasteiger partial charge < -0.3 is 14.8 Å². The van der Waals surface area contributed by atoms with Gasteiger partial charge in [-0.1, -0.05) is 0 Å². The second kappa shape index (κ2) is 11.2. The number of ether oxygens (including phenoxy) is 2. The molecule has 158 valence electrons. The summed E-state index contributed by atoms with van der Waals surface area (Å²) >= 11 is 1.57. The summed E-state index contributed by atoms with van der Waals surface area (Å²) in [6, 6.07) is 5.99. The van der Waals surface area contributed by atoms with Crippen LogP contribution in [0.25, 0.3) is 0 Å². The van der Waals surface area contributed by atoms with Crippen molar-refractivity contribution < 1.29 is 18.7 Å². The van der Waals surface area contributed by atoms with Crippen molar-refractivity contribution in [2.45, 2.75) is 13.2 Å². The Bertz CT molecular complexity index is 763. The molecule has 1 aliphatic rings. The highest BCUT2D eigenvalue weighted by molar-refractivity contribution is 7.09. The fraction of sp³-hybridized carbons (Fsp3) is 0.500. The van der Waals surface area contributed by atoms with Crippen LogP contribution in [0.2, 0.25) is 0 Å². The molecule has 1 aromatic heterocycles. The monoisotopic (exact) mass is 422 g/mol. The van der Waals surface area contributed by atoms with Gasteiger partial charge in [0.1, 0.15) is 23.2 Å². The quantitative estimate of drug-likeness (QED) is 0.589. The van der Waals surface area contributed by atoms with E-state index in [4.69, 9.17) is 9.47 Å². The van der Waals surface area contributed by atoms with Crippen molar-refractivity contribution in [3.8, 4) is 5.75 Å².